The van der Waals surface area contributed by atoms with Gasteiger partial charge in [-0.2, -0.15) is 0 Å². The van der Waals surface area contributed by atoms with Crippen molar-refractivity contribution in [1.82, 2.24) is 10.3 Å². The molecule has 0 radical (unpaired) electrons. The van der Waals surface area contributed by atoms with Gasteiger partial charge in [0.1, 0.15) is 5.58 Å². The number of carbonyl (C=O) groups is 1. The van der Waals surface area contributed by atoms with E-state index < -0.39 is 5.63 Å². The molecule has 0 aliphatic heterocycles. The third-order valence-electron chi connectivity index (χ3n) is 4.06. The van der Waals surface area contributed by atoms with Gasteiger partial charge in [-0.15, -0.1) is 0 Å². The fraction of sp³-hybridized carbons (Fsp3) is 0.250. The fourth-order valence-corrected chi connectivity index (χ4v) is 2.62. The molecule has 2 aromatic heterocycles. The Morgan fingerprint density at radius 1 is 1.20 bits per heavy atom. The molecule has 0 bridgehead atoms. The molecule has 0 fully saturated rings. The lowest BCUT2D eigenvalue weighted by molar-refractivity contribution is 0.0950. The second kappa shape index (κ2) is 6.51. The molecule has 5 heteroatoms. The number of pyridine rings is 1. The highest BCUT2D eigenvalue weighted by Gasteiger charge is 2.16. The molecule has 0 aliphatic carbocycles. The summed E-state index contributed by atoms with van der Waals surface area (Å²) in [7, 11) is 0. The maximum absolute atomic E-state index is 12.2. The first kappa shape index (κ1) is 16.9. The summed E-state index contributed by atoms with van der Waals surface area (Å²) in [4.78, 5) is 28.0. The monoisotopic (exact) mass is 336 g/mol. The summed E-state index contributed by atoms with van der Waals surface area (Å²) < 4.78 is 5.28. The maximum atomic E-state index is 12.2. The number of hydrogen-bond acceptors (Lipinski definition) is 4. The van der Waals surface area contributed by atoms with E-state index in [1.54, 1.807) is 18.3 Å². The van der Waals surface area contributed by atoms with Crippen LogP contribution in [-0.4, -0.2) is 10.9 Å². The Morgan fingerprint density at radius 2 is 2.00 bits per heavy atom. The van der Waals surface area contributed by atoms with E-state index >= 15 is 0 Å². The van der Waals surface area contributed by atoms with Crippen molar-refractivity contribution in [3.8, 4) is 0 Å². The van der Waals surface area contributed by atoms with Gasteiger partial charge in [-0.1, -0.05) is 26.8 Å². The van der Waals surface area contributed by atoms with Crippen LogP contribution in [0.2, 0.25) is 0 Å². The van der Waals surface area contributed by atoms with Crippen LogP contribution in [0.25, 0.3) is 11.0 Å². The number of nitrogens with one attached hydrogen (secondary N) is 1. The van der Waals surface area contributed by atoms with Crippen LogP contribution < -0.4 is 10.9 Å². The summed E-state index contributed by atoms with van der Waals surface area (Å²) in [5, 5.41) is 3.67. The maximum Gasteiger partial charge on any atom is 0.336 e. The Labute approximate surface area is 145 Å². The number of fused-ring (bicyclic) bond motifs is 1. The predicted molar refractivity (Wildman–Crippen MR) is 96.6 cm³/mol. The molecule has 1 amide bonds. The molecule has 1 N–H and O–H groups in total. The van der Waals surface area contributed by atoms with Crippen LogP contribution in [0.1, 0.15) is 42.3 Å². The normalized spacial score (nSPS) is 11.5. The van der Waals surface area contributed by atoms with Crippen molar-refractivity contribution in [2.45, 2.75) is 32.7 Å². The van der Waals surface area contributed by atoms with Crippen LogP contribution in [-0.2, 0) is 12.0 Å². The molecule has 0 unspecified atom stereocenters. The standard InChI is InChI=1S/C20H20N2O3/c1-20(2,3)15-6-7-17-16(10-15)14(9-18(23)25-17)12-22-19(24)13-5-4-8-21-11-13/h4-11H,12H2,1-3H3,(H,22,24). The quantitative estimate of drug-likeness (QED) is 0.744. The minimum absolute atomic E-state index is 0.0272. The lowest BCUT2D eigenvalue weighted by Crippen LogP contribution is -2.23. The summed E-state index contributed by atoms with van der Waals surface area (Å²) in [6.07, 6.45) is 3.12. The minimum atomic E-state index is -0.429. The van der Waals surface area contributed by atoms with Gasteiger partial charge >= 0.3 is 5.63 Å². The summed E-state index contributed by atoms with van der Waals surface area (Å²) in [6, 6.07) is 10.6. The van der Waals surface area contributed by atoms with E-state index in [1.807, 2.05) is 18.2 Å². The lowest BCUT2D eigenvalue weighted by Gasteiger charge is -2.19. The van der Waals surface area contributed by atoms with Crippen molar-refractivity contribution in [3.63, 3.8) is 0 Å². The van der Waals surface area contributed by atoms with Gasteiger partial charge in [-0.05, 0) is 40.8 Å². The topological polar surface area (TPSA) is 72.2 Å². The van der Waals surface area contributed by atoms with Crippen LogP contribution in [0.15, 0.2) is 58.0 Å². The molecular formula is C20H20N2O3. The summed E-state index contributed by atoms with van der Waals surface area (Å²) >= 11 is 0. The molecule has 0 saturated heterocycles. The Morgan fingerprint density at radius 3 is 2.68 bits per heavy atom. The van der Waals surface area contributed by atoms with Crippen molar-refractivity contribution in [1.29, 1.82) is 0 Å². The lowest BCUT2D eigenvalue weighted by atomic mass is 9.86. The van der Waals surface area contributed by atoms with E-state index in [0.29, 0.717) is 11.1 Å². The average Bonchev–Trinajstić information content (AvgIpc) is 2.58. The van der Waals surface area contributed by atoms with Gasteiger partial charge in [-0.25, -0.2) is 4.79 Å². The van der Waals surface area contributed by atoms with Crippen LogP contribution >= 0.6 is 0 Å². The van der Waals surface area contributed by atoms with Gasteiger partial charge < -0.3 is 9.73 Å². The van der Waals surface area contributed by atoms with Gasteiger partial charge in [-0.3, -0.25) is 9.78 Å². The van der Waals surface area contributed by atoms with Gasteiger partial charge in [0.25, 0.3) is 5.91 Å². The third kappa shape index (κ3) is 3.76. The second-order valence-electron chi connectivity index (χ2n) is 6.98. The van der Waals surface area contributed by atoms with E-state index in [4.69, 9.17) is 4.42 Å². The van der Waals surface area contributed by atoms with Gasteiger partial charge in [0.2, 0.25) is 0 Å². The van der Waals surface area contributed by atoms with E-state index in [0.717, 1.165) is 16.5 Å². The fourth-order valence-electron chi connectivity index (χ4n) is 2.62. The first-order valence-corrected chi connectivity index (χ1v) is 8.10. The molecule has 0 saturated carbocycles. The van der Waals surface area contributed by atoms with Crippen molar-refractivity contribution >= 4 is 16.9 Å². The molecule has 0 spiro atoms. The Kier molecular flexibility index (Phi) is 4.40. The summed E-state index contributed by atoms with van der Waals surface area (Å²) in [5.41, 5.74) is 2.40. The van der Waals surface area contributed by atoms with Crippen molar-refractivity contribution in [2.75, 3.05) is 0 Å². The molecule has 1 aromatic carbocycles. The number of aromatic nitrogens is 1. The molecule has 3 rings (SSSR count). The number of carbonyl (C=O) groups excluding carboxylic acids is 1. The number of benzene rings is 1. The Balaban J connectivity index is 1.94. The molecule has 128 valence electrons. The zero-order valence-electron chi connectivity index (χ0n) is 14.5. The van der Waals surface area contributed by atoms with Crippen molar-refractivity contribution in [2.24, 2.45) is 0 Å². The molecule has 2 heterocycles. The second-order valence-corrected chi connectivity index (χ2v) is 6.98. The number of hydrogen-bond donors (Lipinski definition) is 1. The number of amides is 1. The zero-order chi connectivity index (χ0) is 18.0. The van der Waals surface area contributed by atoms with E-state index in [-0.39, 0.29) is 17.9 Å². The smallest absolute Gasteiger partial charge is 0.336 e. The largest absolute Gasteiger partial charge is 0.423 e. The predicted octanol–water partition coefficient (Wildman–Crippen LogP) is 3.42. The highest BCUT2D eigenvalue weighted by molar-refractivity contribution is 5.94. The van der Waals surface area contributed by atoms with E-state index in [2.05, 4.69) is 31.1 Å². The van der Waals surface area contributed by atoms with Crippen LogP contribution in [0, 0.1) is 0 Å². The molecular weight excluding hydrogens is 316 g/mol. The third-order valence-corrected chi connectivity index (χ3v) is 4.06. The highest BCUT2D eigenvalue weighted by atomic mass is 16.4. The molecule has 0 atom stereocenters. The van der Waals surface area contributed by atoms with Gasteiger partial charge in [0.15, 0.2) is 0 Å². The number of rotatable bonds is 3. The summed E-state index contributed by atoms with van der Waals surface area (Å²) in [5.74, 6) is -0.235. The van der Waals surface area contributed by atoms with E-state index in [1.165, 1.54) is 12.3 Å². The first-order chi connectivity index (χ1) is 11.8. The molecule has 5 nitrogen and oxygen atoms in total. The van der Waals surface area contributed by atoms with E-state index in [9.17, 15) is 9.59 Å². The van der Waals surface area contributed by atoms with Crippen molar-refractivity contribution < 1.29 is 9.21 Å². The van der Waals surface area contributed by atoms with Gasteiger partial charge in [0.05, 0.1) is 5.56 Å². The first-order valence-electron chi connectivity index (χ1n) is 8.10. The highest BCUT2D eigenvalue weighted by Crippen LogP contribution is 2.27. The number of nitrogens with zero attached hydrogens (tertiary/aromatic N) is 1. The van der Waals surface area contributed by atoms with Crippen LogP contribution in [0.3, 0.4) is 0 Å². The molecule has 3 aromatic rings. The Bertz CT molecular complexity index is 970. The SMILES string of the molecule is CC(C)(C)c1ccc2oc(=O)cc(CNC(=O)c3cccnc3)c2c1. The average molecular weight is 336 g/mol. The van der Waals surface area contributed by atoms with Crippen LogP contribution in [0.4, 0.5) is 0 Å². The molecule has 0 aliphatic rings. The minimum Gasteiger partial charge on any atom is -0.423 e. The van der Waals surface area contributed by atoms with Gasteiger partial charge in [0, 0.05) is 30.4 Å². The van der Waals surface area contributed by atoms with Crippen molar-refractivity contribution in [3.05, 3.63) is 75.9 Å². The summed E-state index contributed by atoms with van der Waals surface area (Å²) in [6.45, 7) is 6.61. The van der Waals surface area contributed by atoms with Crippen LogP contribution in [0.5, 0.6) is 0 Å². The Hall–Kier alpha value is -2.95. The molecule has 25 heavy (non-hydrogen) atoms. The zero-order valence-corrected chi connectivity index (χ0v) is 14.5.